The van der Waals surface area contributed by atoms with E-state index in [4.69, 9.17) is 9.72 Å². The molecule has 0 radical (unpaired) electrons. The Hall–Kier alpha value is -1.88. The Morgan fingerprint density at radius 3 is 3.00 bits per heavy atom. The minimum atomic E-state index is 0.0539. The van der Waals surface area contributed by atoms with E-state index in [1.807, 2.05) is 18.2 Å². The van der Waals surface area contributed by atoms with Crippen molar-refractivity contribution >= 4 is 22.6 Å². The Labute approximate surface area is 136 Å². The third-order valence-corrected chi connectivity index (χ3v) is 4.86. The maximum atomic E-state index is 12.1. The fraction of sp³-hybridized carbons (Fsp3) is 0.556. The maximum Gasteiger partial charge on any atom is 0.224 e. The van der Waals surface area contributed by atoms with E-state index in [0.29, 0.717) is 12.3 Å². The summed E-state index contributed by atoms with van der Waals surface area (Å²) in [6.45, 7) is 0.839. The lowest BCUT2D eigenvalue weighted by Crippen LogP contribution is -2.15. The summed E-state index contributed by atoms with van der Waals surface area (Å²) < 4.78 is 7.74. The molecule has 1 amide bonds. The fourth-order valence-electron chi connectivity index (χ4n) is 3.39. The highest BCUT2D eigenvalue weighted by atomic mass is 16.5. The molecule has 1 atom stereocenters. The number of carbonyl (C=O) groups excluding carboxylic acids is 1. The van der Waals surface area contributed by atoms with Crippen molar-refractivity contribution in [2.75, 3.05) is 11.9 Å². The molecular weight excluding hydrogens is 290 g/mol. The summed E-state index contributed by atoms with van der Waals surface area (Å²) in [5, 5.41) is 2.99. The van der Waals surface area contributed by atoms with Gasteiger partial charge in [0.2, 0.25) is 5.91 Å². The van der Waals surface area contributed by atoms with Crippen molar-refractivity contribution in [2.45, 2.75) is 50.5 Å². The molecule has 1 N–H and O–H groups in total. The zero-order chi connectivity index (χ0) is 15.8. The van der Waals surface area contributed by atoms with Gasteiger partial charge < -0.3 is 14.6 Å². The first-order valence-electron chi connectivity index (χ1n) is 8.58. The Balaban J connectivity index is 1.43. The van der Waals surface area contributed by atoms with E-state index in [2.05, 4.69) is 16.9 Å². The molecule has 2 aromatic rings. The molecule has 2 heterocycles. The van der Waals surface area contributed by atoms with Crippen LogP contribution < -0.4 is 5.32 Å². The van der Waals surface area contributed by atoms with Gasteiger partial charge >= 0.3 is 0 Å². The number of aryl methyl sites for hydroxylation is 1. The predicted molar refractivity (Wildman–Crippen MR) is 89.5 cm³/mol. The zero-order valence-electron chi connectivity index (χ0n) is 13.5. The number of benzene rings is 1. The normalized spacial score (nSPS) is 21.0. The summed E-state index contributed by atoms with van der Waals surface area (Å²) in [4.78, 5) is 16.8. The molecule has 1 aliphatic heterocycles. The predicted octanol–water partition coefficient (Wildman–Crippen LogP) is 3.35. The van der Waals surface area contributed by atoms with Crippen molar-refractivity contribution in [2.24, 2.45) is 7.05 Å². The van der Waals surface area contributed by atoms with Crippen LogP contribution in [-0.2, 0) is 16.6 Å². The molecule has 5 nitrogen and oxygen atoms in total. The summed E-state index contributed by atoms with van der Waals surface area (Å²) >= 11 is 0. The Bertz CT molecular complexity index is 727. The zero-order valence-corrected chi connectivity index (χ0v) is 13.5. The lowest BCUT2D eigenvalue weighted by Gasteiger charge is -2.09. The quantitative estimate of drug-likeness (QED) is 0.921. The van der Waals surface area contributed by atoms with E-state index in [1.165, 1.54) is 18.7 Å². The van der Waals surface area contributed by atoms with Gasteiger partial charge in [-0.25, -0.2) is 4.98 Å². The molecule has 0 spiro atoms. The van der Waals surface area contributed by atoms with Crippen LogP contribution in [0.4, 0.5) is 5.69 Å². The summed E-state index contributed by atoms with van der Waals surface area (Å²) in [6.07, 6.45) is 6.26. The summed E-state index contributed by atoms with van der Waals surface area (Å²) in [7, 11) is 2.07. The second kappa shape index (κ2) is 5.96. The first kappa shape index (κ1) is 14.7. The van der Waals surface area contributed by atoms with Gasteiger partial charge in [0.15, 0.2) is 0 Å². The number of hydrogen-bond acceptors (Lipinski definition) is 3. The lowest BCUT2D eigenvalue weighted by atomic mass is 10.1. The molecule has 1 saturated heterocycles. The molecular formula is C18H23N3O2. The van der Waals surface area contributed by atoms with Crippen LogP contribution in [0.5, 0.6) is 0 Å². The number of nitrogens with one attached hydrogen (secondary N) is 1. The van der Waals surface area contributed by atoms with Crippen molar-refractivity contribution in [1.82, 2.24) is 9.55 Å². The lowest BCUT2D eigenvalue weighted by molar-refractivity contribution is -0.116. The second-order valence-electron chi connectivity index (χ2n) is 6.73. The number of amides is 1. The average molecular weight is 313 g/mol. The van der Waals surface area contributed by atoms with Crippen LogP contribution in [0.25, 0.3) is 11.0 Å². The Morgan fingerprint density at radius 2 is 2.26 bits per heavy atom. The molecule has 0 bridgehead atoms. The van der Waals surface area contributed by atoms with Gasteiger partial charge in [0, 0.05) is 31.7 Å². The van der Waals surface area contributed by atoms with E-state index in [9.17, 15) is 4.79 Å². The van der Waals surface area contributed by atoms with Crippen LogP contribution in [0, 0.1) is 0 Å². The van der Waals surface area contributed by atoms with Gasteiger partial charge in [0.05, 0.1) is 17.1 Å². The third-order valence-electron chi connectivity index (χ3n) is 4.86. The van der Waals surface area contributed by atoms with E-state index < -0.39 is 0 Å². The highest BCUT2D eigenvalue weighted by Crippen LogP contribution is 2.40. The fourth-order valence-corrected chi connectivity index (χ4v) is 3.39. The number of ether oxygens (including phenoxy) is 1. The largest absolute Gasteiger partial charge is 0.378 e. The smallest absolute Gasteiger partial charge is 0.224 e. The molecule has 1 aromatic carbocycles. The van der Waals surface area contributed by atoms with Crippen molar-refractivity contribution < 1.29 is 9.53 Å². The topological polar surface area (TPSA) is 56.2 Å². The third kappa shape index (κ3) is 3.11. The van der Waals surface area contributed by atoms with Crippen LogP contribution in [0.15, 0.2) is 18.2 Å². The minimum Gasteiger partial charge on any atom is -0.378 e. The summed E-state index contributed by atoms with van der Waals surface area (Å²) in [5.74, 6) is 1.84. The SMILES string of the molecule is Cn1c(C2CC2)nc2cc(NC(=O)CC[C@H]3CCCO3)ccc21. The van der Waals surface area contributed by atoms with E-state index in [1.54, 1.807) is 0 Å². The first-order chi connectivity index (χ1) is 11.2. The minimum absolute atomic E-state index is 0.0539. The highest BCUT2D eigenvalue weighted by molar-refractivity contribution is 5.93. The molecule has 23 heavy (non-hydrogen) atoms. The molecule has 1 aliphatic carbocycles. The van der Waals surface area contributed by atoms with Gasteiger partial charge in [0.1, 0.15) is 5.82 Å². The molecule has 5 heteroatoms. The van der Waals surface area contributed by atoms with Crippen molar-refractivity contribution in [1.29, 1.82) is 0 Å². The number of anilines is 1. The van der Waals surface area contributed by atoms with Crippen LogP contribution in [0.3, 0.4) is 0 Å². The average Bonchev–Trinajstić information content (AvgIpc) is 3.14. The molecule has 4 rings (SSSR count). The molecule has 2 fully saturated rings. The molecule has 1 saturated carbocycles. The number of imidazole rings is 1. The van der Waals surface area contributed by atoms with E-state index >= 15 is 0 Å². The molecule has 2 aliphatic rings. The summed E-state index contributed by atoms with van der Waals surface area (Å²) in [6, 6.07) is 5.99. The van der Waals surface area contributed by atoms with Gasteiger partial charge in [-0.3, -0.25) is 4.79 Å². The first-order valence-corrected chi connectivity index (χ1v) is 8.58. The molecule has 122 valence electrons. The van der Waals surface area contributed by atoms with Gasteiger partial charge in [-0.05, 0) is 50.3 Å². The Morgan fingerprint density at radius 1 is 1.39 bits per heavy atom. The van der Waals surface area contributed by atoms with Crippen LogP contribution >= 0.6 is 0 Å². The number of nitrogens with zero attached hydrogens (tertiary/aromatic N) is 2. The number of aromatic nitrogens is 2. The van der Waals surface area contributed by atoms with Crippen LogP contribution in [0.1, 0.15) is 50.3 Å². The van der Waals surface area contributed by atoms with E-state index in [0.717, 1.165) is 42.6 Å². The second-order valence-corrected chi connectivity index (χ2v) is 6.73. The van der Waals surface area contributed by atoms with Gasteiger partial charge in [-0.1, -0.05) is 0 Å². The maximum absolute atomic E-state index is 12.1. The van der Waals surface area contributed by atoms with Crippen LogP contribution in [0.2, 0.25) is 0 Å². The van der Waals surface area contributed by atoms with Crippen molar-refractivity contribution in [3.05, 3.63) is 24.0 Å². The summed E-state index contributed by atoms with van der Waals surface area (Å²) in [5.41, 5.74) is 2.92. The van der Waals surface area contributed by atoms with Gasteiger partial charge in [-0.15, -0.1) is 0 Å². The number of rotatable bonds is 5. The monoisotopic (exact) mass is 313 g/mol. The number of carbonyl (C=O) groups is 1. The van der Waals surface area contributed by atoms with Crippen molar-refractivity contribution in [3.8, 4) is 0 Å². The van der Waals surface area contributed by atoms with Gasteiger partial charge in [0.25, 0.3) is 0 Å². The standard InChI is InChI=1S/C18H23N3O2/c1-21-16-8-6-13(11-15(16)20-18(21)12-4-5-12)19-17(22)9-7-14-3-2-10-23-14/h6,8,11-12,14H,2-5,7,9-10H2,1H3,(H,19,22)/t14-/m1/s1. The van der Waals surface area contributed by atoms with Crippen molar-refractivity contribution in [3.63, 3.8) is 0 Å². The van der Waals surface area contributed by atoms with E-state index in [-0.39, 0.29) is 12.0 Å². The molecule has 1 aromatic heterocycles. The number of fused-ring (bicyclic) bond motifs is 1. The highest BCUT2D eigenvalue weighted by Gasteiger charge is 2.28. The van der Waals surface area contributed by atoms with Crippen LogP contribution in [-0.4, -0.2) is 28.2 Å². The van der Waals surface area contributed by atoms with Gasteiger partial charge in [-0.2, -0.15) is 0 Å². The number of hydrogen-bond donors (Lipinski definition) is 1. The molecule has 0 unspecified atom stereocenters. The Kier molecular flexibility index (Phi) is 3.81.